The Hall–Kier alpha value is -6.91. The highest BCUT2D eigenvalue weighted by atomic mass is 16.3. The third-order valence-electron chi connectivity index (χ3n) is 10.4. The molecule has 368 valence electrons. The Morgan fingerprint density at radius 3 is 1.54 bits per heavy atom. The summed E-state index contributed by atoms with van der Waals surface area (Å²) in [4.78, 5) is 111. The number of nitrogens with two attached hydrogens (primary N) is 6. The van der Waals surface area contributed by atoms with Crippen molar-refractivity contribution in [1.29, 1.82) is 0 Å². The van der Waals surface area contributed by atoms with Gasteiger partial charge in [0.1, 0.15) is 36.0 Å². The topological polar surface area (TPSA) is 397 Å². The number of nitrogens with zero attached hydrogens (tertiary/aromatic N) is 1. The number of hydrogen-bond donors (Lipinski definition) is 13. The van der Waals surface area contributed by atoms with Gasteiger partial charge in [0.15, 0.2) is 11.7 Å². The Kier molecular flexibility index (Phi) is 25.4. The predicted molar refractivity (Wildman–Crippen MR) is 252 cm³/mol. The fraction of sp³-hybridized carbons (Fsp3) is 0.489. The standard InChI is InChI=1S/C45H69N13O9/c1-3-37(60)32(14-7-9-21-46)54-43(66)36(25-29-17-19-30(59)20-18-29)58-44(67)35(24-28-12-5-4-6-13-28)57-42(65)33(15-8-10-22-47)56-41(64)34(16-11-23-52-45(50)51)55-39(62)27(2)53-40(63)31(48)26-38(49)61/h3-6,12-13,17-20,27,31-36,59H,1,7-11,14-16,21-26,46-48H2,2H3,(H2,49,61)(H,53,63)(H,54,66)(H,55,62)(H,56,64)(H,57,65)(H,58,67)(H4,50,51,52). The summed E-state index contributed by atoms with van der Waals surface area (Å²) in [5, 5.41) is 25.8. The number of carbonyl (C=O) groups excluding carboxylic acids is 8. The lowest BCUT2D eigenvalue weighted by Gasteiger charge is -2.28. The second-order valence-electron chi connectivity index (χ2n) is 16.0. The van der Waals surface area contributed by atoms with Crippen molar-refractivity contribution in [2.24, 2.45) is 39.4 Å². The summed E-state index contributed by atoms with van der Waals surface area (Å²) < 4.78 is 0. The summed E-state index contributed by atoms with van der Waals surface area (Å²) in [7, 11) is 0. The van der Waals surface area contributed by atoms with E-state index in [1.54, 1.807) is 42.5 Å². The lowest BCUT2D eigenvalue weighted by molar-refractivity contribution is -0.135. The molecular weight excluding hydrogens is 867 g/mol. The van der Waals surface area contributed by atoms with Gasteiger partial charge in [0.25, 0.3) is 0 Å². The maximum absolute atomic E-state index is 14.4. The molecule has 2 aromatic carbocycles. The number of rotatable bonds is 32. The number of unbranched alkanes of at least 4 members (excludes halogenated alkanes) is 2. The minimum absolute atomic E-state index is 0.0225. The van der Waals surface area contributed by atoms with Crippen LogP contribution in [0.3, 0.4) is 0 Å². The highest BCUT2D eigenvalue weighted by molar-refractivity contribution is 5.99. The SMILES string of the molecule is C=CC(=O)C(CCCCN)NC(=O)C(Cc1ccc(O)cc1)NC(=O)C(Cc1ccccc1)NC(=O)C(CCCCN)NC(=O)C(CCCN=C(N)N)NC(=O)C(C)NC(=O)C(N)CC(N)=O. The number of carbonyl (C=O) groups is 8. The second kappa shape index (κ2) is 30.3. The molecule has 2 rings (SSSR count). The molecule has 7 unspecified atom stereocenters. The highest BCUT2D eigenvalue weighted by Crippen LogP contribution is 2.14. The lowest BCUT2D eigenvalue weighted by Crippen LogP contribution is -2.60. The van der Waals surface area contributed by atoms with E-state index in [0.717, 1.165) is 6.08 Å². The Bertz CT molecular complexity index is 1980. The van der Waals surface area contributed by atoms with E-state index in [4.69, 9.17) is 34.4 Å². The molecular formula is C45H69N13O9. The zero-order chi connectivity index (χ0) is 49.9. The van der Waals surface area contributed by atoms with Crippen molar-refractivity contribution >= 4 is 53.1 Å². The van der Waals surface area contributed by atoms with Gasteiger partial charge in [-0.3, -0.25) is 43.3 Å². The molecule has 0 radical (unpaired) electrons. The van der Waals surface area contributed by atoms with Crippen molar-refractivity contribution in [3.8, 4) is 5.75 Å². The van der Waals surface area contributed by atoms with E-state index < -0.39 is 95.8 Å². The Balaban J connectivity index is 2.48. The van der Waals surface area contributed by atoms with Crippen LogP contribution in [0.5, 0.6) is 5.75 Å². The summed E-state index contributed by atoms with van der Waals surface area (Å²) in [6.07, 6.45) is 2.96. The number of hydrogen-bond acceptors (Lipinski definition) is 13. The molecule has 0 aromatic heterocycles. The molecule has 0 spiro atoms. The van der Waals surface area contributed by atoms with Crippen LogP contribution >= 0.6 is 0 Å². The van der Waals surface area contributed by atoms with E-state index in [1.165, 1.54) is 19.1 Å². The van der Waals surface area contributed by atoms with Gasteiger partial charge in [-0.2, -0.15) is 0 Å². The molecule has 2 aromatic rings. The fourth-order valence-electron chi connectivity index (χ4n) is 6.67. The minimum atomic E-state index is -1.33. The van der Waals surface area contributed by atoms with Crippen LogP contribution in [0.4, 0.5) is 0 Å². The first-order chi connectivity index (χ1) is 31.9. The molecule has 0 aliphatic heterocycles. The van der Waals surface area contributed by atoms with E-state index in [9.17, 15) is 43.5 Å². The number of guanidine groups is 1. The molecule has 0 fully saturated rings. The molecule has 0 bridgehead atoms. The van der Waals surface area contributed by atoms with Crippen molar-refractivity contribution in [3.05, 3.63) is 78.4 Å². The van der Waals surface area contributed by atoms with Crippen molar-refractivity contribution < 1.29 is 43.5 Å². The number of ketones is 1. The zero-order valence-electron chi connectivity index (χ0n) is 38.0. The smallest absolute Gasteiger partial charge is 0.243 e. The first-order valence-electron chi connectivity index (χ1n) is 22.2. The molecule has 0 aliphatic rings. The van der Waals surface area contributed by atoms with Crippen LogP contribution in [0.1, 0.15) is 75.8 Å². The van der Waals surface area contributed by atoms with Gasteiger partial charge in [0.2, 0.25) is 41.4 Å². The number of phenols is 1. The zero-order valence-corrected chi connectivity index (χ0v) is 38.0. The largest absolute Gasteiger partial charge is 0.508 e. The Morgan fingerprint density at radius 2 is 1.04 bits per heavy atom. The molecule has 0 aliphatic carbocycles. The number of aromatic hydroxyl groups is 1. The van der Waals surface area contributed by atoms with E-state index in [2.05, 4.69) is 43.5 Å². The molecule has 22 heteroatoms. The molecule has 0 heterocycles. The van der Waals surface area contributed by atoms with Gasteiger partial charge in [-0.25, -0.2) is 0 Å². The van der Waals surface area contributed by atoms with Gasteiger partial charge in [-0.05, 0) is 101 Å². The molecule has 19 N–H and O–H groups in total. The number of phenolic OH excluding ortho intramolecular Hbond substituents is 1. The normalized spacial score (nSPS) is 14.0. The minimum Gasteiger partial charge on any atom is -0.508 e. The van der Waals surface area contributed by atoms with Crippen LogP contribution in [-0.4, -0.2) is 120 Å². The van der Waals surface area contributed by atoms with Crippen molar-refractivity contribution in [1.82, 2.24) is 31.9 Å². The number of benzene rings is 2. The third kappa shape index (κ3) is 21.8. The van der Waals surface area contributed by atoms with Crippen molar-refractivity contribution in [2.75, 3.05) is 19.6 Å². The summed E-state index contributed by atoms with van der Waals surface area (Å²) in [5.41, 5.74) is 34.4. The first-order valence-corrected chi connectivity index (χ1v) is 22.2. The number of amides is 7. The quantitative estimate of drug-likeness (QED) is 0.0155. The Morgan fingerprint density at radius 1 is 0.597 bits per heavy atom. The van der Waals surface area contributed by atoms with Crippen LogP contribution in [0, 0.1) is 0 Å². The van der Waals surface area contributed by atoms with Gasteiger partial charge < -0.3 is 71.4 Å². The summed E-state index contributed by atoms with van der Waals surface area (Å²) in [5.74, 6) is -6.14. The molecule has 22 nitrogen and oxygen atoms in total. The molecule has 0 saturated heterocycles. The second-order valence-corrected chi connectivity index (χ2v) is 16.0. The van der Waals surface area contributed by atoms with Crippen LogP contribution in [0.25, 0.3) is 0 Å². The third-order valence-corrected chi connectivity index (χ3v) is 10.4. The van der Waals surface area contributed by atoms with Crippen LogP contribution < -0.4 is 66.3 Å². The number of nitrogens with one attached hydrogen (secondary N) is 6. The van der Waals surface area contributed by atoms with Crippen LogP contribution in [0.2, 0.25) is 0 Å². The molecule has 67 heavy (non-hydrogen) atoms. The van der Waals surface area contributed by atoms with Gasteiger partial charge >= 0.3 is 0 Å². The maximum atomic E-state index is 14.4. The highest BCUT2D eigenvalue weighted by Gasteiger charge is 2.33. The molecule has 0 saturated carbocycles. The maximum Gasteiger partial charge on any atom is 0.243 e. The number of primary amides is 1. The Labute approximate surface area is 390 Å². The van der Waals surface area contributed by atoms with Crippen molar-refractivity contribution in [2.45, 2.75) is 120 Å². The first kappa shape index (κ1) is 56.2. The average molecular weight is 936 g/mol. The van der Waals surface area contributed by atoms with E-state index in [0.29, 0.717) is 43.4 Å². The number of aliphatic imine (C=N–C) groups is 1. The van der Waals surface area contributed by atoms with Crippen LogP contribution in [0.15, 0.2) is 72.2 Å². The lowest BCUT2D eigenvalue weighted by atomic mass is 10.00. The average Bonchev–Trinajstić information content (AvgIpc) is 3.29. The van der Waals surface area contributed by atoms with Crippen LogP contribution in [-0.2, 0) is 51.2 Å². The summed E-state index contributed by atoms with van der Waals surface area (Å²) >= 11 is 0. The van der Waals surface area contributed by atoms with E-state index in [-0.39, 0.29) is 63.3 Å². The monoisotopic (exact) mass is 936 g/mol. The molecule has 7 amide bonds. The fourth-order valence-corrected chi connectivity index (χ4v) is 6.67. The van der Waals surface area contributed by atoms with Crippen molar-refractivity contribution in [3.63, 3.8) is 0 Å². The summed E-state index contributed by atoms with van der Waals surface area (Å²) in [6, 6.07) is 6.04. The predicted octanol–water partition coefficient (Wildman–Crippen LogP) is -2.62. The van der Waals surface area contributed by atoms with Gasteiger partial charge in [-0.15, -0.1) is 0 Å². The molecule has 7 atom stereocenters. The van der Waals surface area contributed by atoms with Gasteiger partial charge in [0, 0.05) is 19.4 Å². The van der Waals surface area contributed by atoms with Gasteiger partial charge in [0.05, 0.1) is 18.5 Å². The van der Waals surface area contributed by atoms with E-state index in [1.807, 2.05) is 0 Å². The van der Waals surface area contributed by atoms with E-state index >= 15 is 0 Å². The summed E-state index contributed by atoms with van der Waals surface area (Å²) in [6.45, 7) is 5.62. The van der Waals surface area contributed by atoms with Gasteiger partial charge in [-0.1, -0.05) is 49.0 Å².